The minimum atomic E-state index is 0.0947. The molecule has 1 aromatic rings. The van der Waals surface area contributed by atoms with Crippen LogP contribution in [0.1, 0.15) is 45.6 Å². The van der Waals surface area contributed by atoms with Gasteiger partial charge in [0.05, 0.1) is 0 Å². The lowest BCUT2D eigenvalue weighted by Gasteiger charge is -2.42. The highest BCUT2D eigenvalue weighted by Gasteiger charge is 2.40. The van der Waals surface area contributed by atoms with E-state index in [-0.39, 0.29) is 5.54 Å². The van der Waals surface area contributed by atoms with Crippen molar-refractivity contribution in [1.29, 1.82) is 0 Å². The number of nitrogens with zero attached hydrogens (tertiary/aromatic N) is 1. The molecule has 1 aromatic carbocycles. The summed E-state index contributed by atoms with van der Waals surface area (Å²) in [5.74, 6) is 0.759. The van der Waals surface area contributed by atoms with Gasteiger partial charge in [0, 0.05) is 18.1 Å². The van der Waals surface area contributed by atoms with Crippen LogP contribution >= 0.6 is 0 Å². The van der Waals surface area contributed by atoms with Crippen LogP contribution in [0.3, 0.4) is 0 Å². The summed E-state index contributed by atoms with van der Waals surface area (Å²) in [4.78, 5) is 2.69. The van der Waals surface area contributed by atoms with Gasteiger partial charge in [0.2, 0.25) is 0 Å². The predicted octanol–water partition coefficient (Wildman–Crippen LogP) is 3.46. The van der Waals surface area contributed by atoms with Gasteiger partial charge >= 0.3 is 0 Å². The first-order chi connectivity index (χ1) is 9.55. The summed E-state index contributed by atoms with van der Waals surface area (Å²) in [6.07, 6.45) is 5.02. The van der Waals surface area contributed by atoms with Crippen LogP contribution in [-0.2, 0) is 6.42 Å². The molecule has 0 bridgehead atoms. The van der Waals surface area contributed by atoms with Gasteiger partial charge in [-0.15, -0.1) is 0 Å². The van der Waals surface area contributed by atoms with Gasteiger partial charge in [-0.2, -0.15) is 0 Å². The normalized spacial score (nSPS) is 18.5. The molecular formula is C18H30N2. The molecule has 0 spiro atoms. The minimum Gasteiger partial charge on any atom is -0.329 e. The van der Waals surface area contributed by atoms with Crippen LogP contribution in [-0.4, -0.2) is 29.6 Å². The topological polar surface area (TPSA) is 29.3 Å². The molecule has 1 saturated carbocycles. The highest BCUT2D eigenvalue weighted by atomic mass is 15.2. The van der Waals surface area contributed by atoms with Gasteiger partial charge in [0.1, 0.15) is 0 Å². The van der Waals surface area contributed by atoms with E-state index >= 15 is 0 Å². The Labute approximate surface area is 124 Å². The number of rotatable bonds is 8. The molecule has 112 valence electrons. The molecule has 0 heterocycles. The predicted molar refractivity (Wildman–Crippen MR) is 86.8 cm³/mol. The summed E-state index contributed by atoms with van der Waals surface area (Å²) < 4.78 is 0. The van der Waals surface area contributed by atoms with E-state index in [4.69, 9.17) is 5.73 Å². The summed E-state index contributed by atoms with van der Waals surface area (Å²) in [5.41, 5.74) is 7.68. The van der Waals surface area contributed by atoms with Crippen molar-refractivity contribution in [3.63, 3.8) is 0 Å². The SMILES string of the molecule is CC(C)CCN(C1CC1)C(C)(CN)Cc1ccccc1. The average molecular weight is 274 g/mol. The maximum atomic E-state index is 6.19. The molecule has 0 aliphatic heterocycles. The number of nitrogens with two attached hydrogens (primary N) is 1. The molecule has 2 rings (SSSR count). The number of hydrogen-bond donors (Lipinski definition) is 1. The van der Waals surface area contributed by atoms with Crippen molar-refractivity contribution in [3.8, 4) is 0 Å². The molecule has 1 aliphatic rings. The molecule has 20 heavy (non-hydrogen) atoms. The second-order valence-electron chi connectivity index (χ2n) is 6.97. The van der Waals surface area contributed by atoms with Gasteiger partial charge < -0.3 is 5.73 Å². The first-order valence-electron chi connectivity index (χ1n) is 8.06. The third-order valence-electron chi connectivity index (χ3n) is 4.50. The second kappa shape index (κ2) is 6.73. The Morgan fingerprint density at radius 3 is 2.40 bits per heavy atom. The first kappa shape index (κ1) is 15.5. The largest absolute Gasteiger partial charge is 0.329 e. The fourth-order valence-corrected chi connectivity index (χ4v) is 3.00. The van der Waals surface area contributed by atoms with Crippen LogP contribution in [0.2, 0.25) is 0 Å². The quantitative estimate of drug-likeness (QED) is 0.786. The Balaban J connectivity index is 2.09. The van der Waals surface area contributed by atoms with Gasteiger partial charge in [-0.1, -0.05) is 44.2 Å². The minimum absolute atomic E-state index is 0.0947. The molecule has 0 saturated heterocycles. The number of benzene rings is 1. The monoisotopic (exact) mass is 274 g/mol. The van der Waals surface area contributed by atoms with E-state index in [9.17, 15) is 0 Å². The standard InChI is InChI=1S/C18H30N2/c1-15(2)11-12-20(17-9-10-17)18(3,14-19)13-16-7-5-4-6-8-16/h4-8,15,17H,9-14,19H2,1-3H3. The number of hydrogen-bond acceptors (Lipinski definition) is 2. The third-order valence-corrected chi connectivity index (χ3v) is 4.50. The van der Waals surface area contributed by atoms with Crippen LogP contribution in [0, 0.1) is 5.92 Å². The maximum Gasteiger partial charge on any atom is 0.0346 e. The summed E-state index contributed by atoms with van der Waals surface area (Å²) in [5, 5.41) is 0. The van der Waals surface area contributed by atoms with Crippen molar-refractivity contribution in [2.45, 2.75) is 58.0 Å². The summed E-state index contributed by atoms with van der Waals surface area (Å²) in [6.45, 7) is 8.88. The smallest absolute Gasteiger partial charge is 0.0346 e. The molecule has 1 atom stereocenters. The molecule has 2 nitrogen and oxygen atoms in total. The van der Waals surface area contributed by atoms with Gasteiger partial charge in [0.25, 0.3) is 0 Å². The van der Waals surface area contributed by atoms with Crippen LogP contribution in [0.25, 0.3) is 0 Å². The summed E-state index contributed by atoms with van der Waals surface area (Å²) >= 11 is 0. The van der Waals surface area contributed by atoms with E-state index < -0.39 is 0 Å². The fourth-order valence-electron chi connectivity index (χ4n) is 3.00. The van der Waals surface area contributed by atoms with Crippen molar-refractivity contribution in [2.24, 2.45) is 11.7 Å². The molecule has 1 fully saturated rings. The average Bonchev–Trinajstić information content (AvgIpc) is 3.24. The Bertz CT molecular complexity index is 397. The lowest BCUT2D eigenvalue weighted by molar-refractivity contribution is 0.0944. The molecule has 0 aromatic heterocycles. The zero-order valence-electron chi connectivity index (χ0n) is 13.3. The molecule has 2 N–H and O–H groups in total. The Hall–Kier alpha value is -0.860. The first-order valence-corrected chi connectivity index (χ1v) is 8.06. The van der Waals surface area contributed by atoms with E-state index in [0.717, 1.165) is 24.9 Å². The fraction of sp³-hybridized carbons (Fsp3) is 0.667. The molecule has 0 radical (unpaired) electrons. The van der Waals surface area contributed by atoms with Gasteiger partial charge in [-0.25, -0.2) is 0 Å². The van der Waals surface area contributed by atoms with E-state index in [0.29, 0.717) is 0 Å². The third kappa shape index (κ3) is 4.07. The molecule has 0 amide bonds. The molecule has 1 aliphatic carbocycles. The summed E-state index contributed by atoms with van der Waals surface area (Å²) in [6, 6.07) is 11.6. The van der Waals surface area contributed by atoms with Gasteiger partial charge in [-0.3, -0.25) is 4.90 Å². The van der Waals surface area contributed by atoms with Crippen LogP contribution < -0.4 is 5.73 Å². The lowest BCUT2D eigenvalue weighted by atomic mass is 9.90. The van der Waals surface area contributed by atoms with E-state index in [1.54, 1.807) is 0 Å². The van der Waals surface area contributed by atoms with E-state index in [2.05, 4.69) is 56.0 Å². The van der Waals surface area contributed by atoms with Crippen LogP contribution in [0.4, 0.5) is 0 Å². The van der Waals surface area contributed by atoms with Crippen molar-refractivity contribution < 1.29 is 0 Å². The maximum absolute atomic E-state index is 6.19. The zero-order chi connectivity index (χ0) is 14.6. The summed E-state index contributed by atoms with van der Waals surface area (Å²) in [7, 11) is 0. The highest BCUT2D eigenvalue weighted by Crippen LogP contribution is 2.34. The van der Waals surface area contributed by atoms with E-state index in [1.165, 1.54) is 31.4 Å². The zero-order valence-corrected chi connectivity index (χ0v) is 13.3. The van der Waals surface area contributed by atoms with Crippen molar-refractivity contribution in [2.75, 3.05) is 13.1 Å². The Morgan fingerprint density at radius 1 is 1.25 bits per heavy atom. The van der Waals surface area contributed by atoms with Crippen molar-refractivity contribution >= 4 is 0 Å². The lowest BCUT2D eigenvalue weighted by Crippen LogP contribution is -2.54. The van der Waals surface area contributed by atoms with Crippen LogP contribution in [0.5, 0.6) is 0 Å². The van der Waals surface area contributed by atoms with Crippen molar-refractivity contribution in [1.82, 2.24) is 4.90 Å². The van der Waals surface area contributed by atoms with Crippen molar-refractivity contribution in [3.05, 3.63) is 35.9 Å². The van der Waals surface area contributed by atoms with Crippen LogP contribution in [0.15, 0.2) is 30.3 Å². The Morgan fingerprint density at radius 2 is 1.90 bits per heavy atom. The molecule has 1 unspecified atom stereocenters. The Kier molecular flexibility index (Phi) is 5.22. The molecule has 2 heteroatoms. The molecular weight excluding hydrogens is 244 g/mol. The van der Waals surface area contributed by atoms with Gasteiger partial charge in [0.15, 0.2) is 0 Å². The highest BCUT2D eigenvalue weighted by molar-refractivity contribution is 5.18. The second-order valence-corrected chi connectivity index (χ2v) is 6.97. The van der Waals surface area contributed by atoms with E-state index in [1.807, 2.05) is 0 Å². The van der Waals surface area contributed by atoms with Gasteiger partial charge in [-0.05, 0) is 50.6 Å².